The van der Waals surface area contributed by atoms with E-state index in [1.165, 1.54) is 0 Å². The van der Waals surface area contributed by atoms with Crippen LogP contribution in [0.5, 0.6) is 0 Å². The number of nitrogens with two attached hydrogens (primary N) is 1. The molecule has 0 unspecified atom stereocenters. The van der Waals surface area contributed by atoms with Crippen molar-refractivity contribution in [3.63, 3.8) is 0 Å². The summed E-state index contributed by atoms with van der Waals surface area (Å²) < 4.78 is 88.0. The Morgan fingerprint density at radius 1 is 0.850 bits per heavy atom. The topological polar surface area (TPSA) is 26.0 Å². The number of hydrogen-bond acceptors (Lipinski definition) is 2. The Morgan fingerprint density at radius 2 is 1.20 bits per heavy atom. The molecular formula is C9H4Br2F7NS. The molecule has 11 heteroatoms. The van der Waals surface area contributed by atoms with Crippen LogP contribution in [0.3, 0.4) is 0 Å². The number of anilines is 1. The maximum absolute atomic E-state index is 13.5. The number of nitrogen functional groups attached to an aromatic ring is 1. The highest BCUT2D eigenvalue weighted by Crippen LogP contribution is 2.56. The van der Waals surface area contributed by atoms with Gasteiger partial charge in [-0.1, -0.05) is 11.8 Å². The smallest absolute Gasteiger partial charge is 0.397 e. The SMILES string of the molecule is Nc1c(Br)cc(SC(F)(C(F)(F)F)C(F)(F)F)cc1Br. The minimum absolute atomic E-state index is 0.0427. The third kappa shape index (κ3) is 3.35. The minimum Gasteiger partial charge on any atom is -0.397 e. The van der Waals surface area contributed by atoms with Gasteiger partial charge in [-0.05, 0) is 44.0 Å². The number of halogens is 9. The van der Waals surface area contributed by atoms with E-state index < -0.39 is 34.0 Å². The molecule has 0 aliphatic heterocycles. The van der Waals surface area contributed by atoms with Crippen LogP contribution in [0.15, 0.2) is 26.0 Å². The highest BCUT2D eigenvalue weighted by Gasteiger charge is 2.73. The monoisotopic (exact) mass is 449 g/mol. The summed E-state index contributed by atoms with van der Waals surface area (Å²) in [4.78, 5) is -0.588. The van der Waals surface area contributed by atoms with E-state index in [4.69, 9.17) is 5.73 Å². The van der Waals surface area contributed by atoms with Crippen LogP contribution in [0.2, 0.25) is 0 Å². The summed E-state index contributed by atoms with van der Waals surface area (Å²) in [5, 5.41) is -5.41. The van der Waals surface area contributed by atoms with Gasteiger partial charge in [-0.25, -0.2) is 4.39 Å². The molecule has 2 N–H and O–H groups in total. The molecule has 0 bridgehead atoms. The quantitative estimate of drug-likeness (QED) is 0.356. The molecule has 0 saturated heterocycles. The Labute approximate surface area is 129 Å². The van der Waals surface area contributed by atoms with Crippen molar-refractivity contribution in [2.45, 2.75) is 22.2 Å². The maximum atomic E-state index is 13.5. The Kier molecular flexibility index (Phi) is 4.97. The highest BCUT2D eigenvalue weighted by molar-refractivity contribution is 9.11. The van der Waals surface area contributed by atoms with Crippen molar-refractivity contribution >= 4 is 49.3 Å². The third-order valence-corrected chi connectivity index (χ3v) is 4.57. The fraction of sp³-hybridized carbons (Fsp3) is 0.333. The third-order valence-electron chi connectivity index (χ3n) is 2.04. The lowest BCUT2D eigenvalue weighted by molar-refractivity contribution is -0.302. The molecule has 0 spiro atoms. The summed E-state index contributed by atoms with van der Waals surface area (Å²) in [6.07, 6.45) is -12.2. The van der Waals surface area contributed by atoms with Gasteiger partial charge >= 0.3 is 17.4 Å². The van der Waals surface area contributed by atoms with Crippen LogP contribution in [0.1, 0.15) is 0 Å². The van der Waals surface area contributed by atoms with E-state index in [0.717, 1.165) is 12.1 Å². The van der Waals surface area contributed by atoms with Crippen LogP contribution in [0.4, 0.5) is 36.4 Å². The molecule has 0 radical (unpaired) electrons. The lowest BCUT2D eigenvalue weighted by atomic mass is 10.3. The zero-order chi connectivity index (χ0) is 15.9. The Balaban J connectivity index is 3.29. The molecule has 0 heterocycles. The molecule has 0 aromatic heterocycles. The van der Waals surface area contributed by atoms with Crippen molar-refractivity contribution < 1.29 is 30.7 Å². The van der Waals surface area contributed by atoms with E-state index in [1.807, 2.05) is 0 Å². The van der Waals surface area contributed by atoms with Crippen molar-refractivity contribution in [2.24, 2.45) is 0 Å². The number of alkyl halides is 7. The van der Waals surface area contributed by atoms with Crippen LogP contribution >= 0.6 is 43.6 Å². The maximum Gasteiger partial charge on any atom is 0.441 e. The molecule has 0 fully saturated rings. The molecule has 1 aromatic carbocycles. The van der Waals surface area contributed by atoms with Crippen molar-refractivity contribution in [3.8, 4) is 0 Å². The van der Waals surface area contributed by atoms with Gasteiger partial charge in [0, 0.05) is 13.8 Å². The highest BCUT2D eigenvalue weighted by atomic mass is 79.9. The van der Waals surface area contributed by atoms with E-state index in [9.17, 15) is 30.7 Å². The van der Waals surface area contributed by atoms with Crippen LogP contribution < -0.4 is 5.73 Å². The second kappa shape index (κ2) is 5.56. The van der Waals surface area contributed by atoms with Crippen LogP contribution in [-0.2, 0) is 0 Å². The van der Waals surface area contributed by atoms with Crippen LogP contribution in [-0.4, -0.2) is 17.4 Å². The zero-order valence-electron chi connectivity index (χ0n) is 9.04. The van der Waals surface area contributed by atoms with E-state index >= 15 is 0 Å². The lowest BCUT2D eigenvalue weighted by Gasteiger charge is -2.29. The average Bonchev–Trinajstić information content (AvgIpc) is 2.22. The first kappa shape index (κ1) is 17.9. The number of hydrogen-bond donors (Lipinski definition) is 1. The molecule has 1 aromatic rings. The molecule has 20 heavy (non-hydrogen) atoms. The number of benzene rings is 1. The minimum atomic E-state index is -6.11. The molecule has 0 aliphatic carbocycles. The molecular weight excluding hydrogens is 447 g/mol. The molecule has 0 atom stereocenters. The van der Waals surface area contributed by atoms with Gasteiger partial charge < -0.3 is 5.73 Å². The summed E-state index contributed by atoms with van der Waals surface area (Å²) in [7, 11) is 0. The second-order valence-corrected chi connectivity index (χ2v) is 6.44. The summed E-state index contributed by atoms with van der Waals surface area (Å²) in [6, 6.07) is 1.74. The molecule has 0 amide bonds. The summed E-state index contributed by atoms with van der Waals surface area (Å²) >= 11 is 4.71. The van der Waals surface area contributed by atoms with Crippen LogP contribution in [0, 0.1) is 0 Å². The predicted molar refractivity (Wildman–Crippen MR) is 68.1 cm³/mol. The van der Waals surface area contributed by atoms with E-state index in [-0.39, 0.29) is 14.6 Å². The van der Waals surface area contributed by atoms with Crippen molar-refractivity contribution in [1.29, 1.82) is 0 Å². The average molecular weight is 451 g/mol. The largest absolute Gasteiger partial charge is 0.441 e. The summed E-state index contributed by atoms with van der Waals surface area (Å²) in [5.41, 5.74) is 5.51. The van der Waals surface area contributed by atoms with E-state index in [0.29, 0.717) is 0 Å². The van der Waals surface area contributed by atoms with Crippen LogP contribution in [0.25, 0.3) is 0 Å². The van der Waals surface area contributed by atoms with Gasteiger partial charge in [-0.2, -0.15) is 26.3 Å². The van der Waals surface area contributed by atoms with Gasteiger partial charge in [0.15, 0.2) is 0 Å². The van der Waals surface area contributed by atoms with Gasteiger partial charge in [-0.15, -0.1) is 0 Å². The van der Waals surface area contributed by atoms with Gasteiger partial charge in [0.05, 0.1) is 5.69 Å². The first-order valence-electron chi connectivity index (χ1n) is 4.55. The number of thioether (sulfide) groups is 1. The normalized spacial score (nSPS) is 13.7. The standard InChI is InChI=1S/C9H4Br2F7NS/c10-4-1-3(2-5(11)6(4)19)20-7(12,8(13,14)15)9(16,17)18/h1-2H,19H2. The summed E-state index contributed by atoms with van der Waals surface area (Å²) in [5.74, 6) is 0. The Morgan fingerprint density at radius 3 is 1.50 bits per heavy atom. The second-order valence-electron chi connectivity index (χ2n) is 3.49. The van der Waals surface area contributed by atoms with Gasteiger partial charge in [0.2, 0.25) is 0 Å². The van der Waals surface area contributed by atoms with E-state index in [1.54, 1.807) is 0 Å². The molecule has 0 saturated carbocycles. The van der Waals surface area contributed by atoms with Crippen molar-refractivity contribution in [3.05, 3.63) is 21.1 Å². The van der Waals surface area contributed by atoms with E-state index in [2.05, 4.69) is 31.9 Å². The summed E-state index contributed by atoms with van der Waals surface area (Å²) in [6.45, 7) is 0. The first-order chi connectivity index (χ1) is 8.79. The van der Waals surface area contributed by atoms with Crippen molar-refractivity contribution in [1.82, 2.24) is 0 Å². The van der Waals surface area contributed by atoms with Gasteiger partial charge in [-0.3, -0.25) is 0 Å². The zero-order valence-corrected chi connectivity index (χ0v) is 13.0. The molecule has 1 nitrogen and oxygen atoms in total. The van der Waals surface area contributed by atoms with Crippen molar-refractivity contribution in [2.75, 3.05) is 5.73 Å². The predicted octanol–water partition coefficient (Wildman–Crippen LogP) is 5.68. The van der Waals surface area contributed by atoms with Gasteiger partial charge in [0.25, 0.3) is 0 Å². The van der Waals surface area contributed by atoms with Gasteiger partial charge in [0.1, 0.15) is 0 Å². The molecule has 0 aliphatic rings. The Hall–Kier alpha value is -0.160. The fourth-order valence-corrected chi connectivity index (χ4v) is 3.46. The number of rotatable bonds is 2. The molecule has 1 rings (SSSR count). The Bertz CT molecular complexity index is 477. The molecule has 114 valence electrons. The lowest BCUT2D eigenvalue weighted by Crippen LogP contribution is -2.50. The fourth-order valence-electron chi connectivity index (χ4n) is 1.06. The first-order valence-corrected chi connectivity index (χ1v) is 6.95.